The number of nitrogens with zero attached hydrogens (tertiary/aromatic N) is 1. The Hall–Kier alpha value is -4.64. The maximum atomic E-state index is 12.5. The van der Waals surface area contributed by atoms with Gasteiger partial charge in [0, 0.05) is 11.3 Å². The Kier molecular flexibility index (Phi) is 7.83. The fourth-order valence-electron chi connectivity index (χ4n) is 4.91. The molecular formula is C35H34N2O3. The van der Waals surface area contributed by atoms with Crippen molar-refractivity contribution in [2.45, 2.75) is 39.0 Å². The van der Waals surface area contributed by atoms with Crippen LogP contribution < -0.4 is 5.32 Å². The summed E-state index contributed by atoms with van der Waals surface area (Å²) in [5, 5.41) is 7.75. The average Bonchev–Trinajstić information content (AvgIpc) is 3.74. The van der Waals surface area contributed by atoms with E-state index in [0.717, 1.165) is 63.3 Å². The fourth-order valence-corrected chi connectivity index (χ4v) is 4.91. The van der Waals surface area contributed by atoms with E-state index in [1.165, 1.54) is 0 Å². The number of nitrogens with one attached hydrogen (secondary N) is 1. The molecule has 202 valence electrons. The van der Waals surface area contributed by atoms with Crippen LogP contribution in [-0.4, -0.2) is 17.7 Å². The third-order valence-corrected chi connectivity index (χ3v) is 7.42. The summed E-state index contributed by atoms with van der Waals surface area (Å²) in [4.78, 5) is 12.5. The number of hydrogen-bond acceptors (Lipinski definition) is 5. The molecule has 0 amide bonds. The first-order valence-corrected chi connectivity index (χ1v) is 13.7. The highest BCUT2D eigenvalue weighted by Gasteiger charge is 2.52. The van der Waals surface area contributed by atoms with Crippen LogP contribution >= 0.6 is 0 Å². The number of rotatable bonds is 10. The minimum Gasteiger partial charge on any atom is -0.465 e. The van der Waals surface area contributed by atoms with Crippen molar-refractivity contribution in [3.8, 4) is 22.5 Å². The van der Waals surface area contributed by atoms with Crippen LogP contribution in [0.1, 0.15) is 43.5 Å². The topological polar surface area (TPSA) is 64.4 Å². The minimum atomic E-state index is -0.458. The first kappa shape index (κ1) is 26.9. The zero-order chi connectivity index (χ0) is 28.1. The molecule has 5 heteroatoms. The highest BCUT2D eigenvalue weighted by atomic mass is 16.5. The zero-order valence-electron chi connectivity index (χ0n) is 23.2. The van der Waals surface area contributed by atoms with E-state index < -0.39 is 5.41 Å². The van der Waals surface area contributed by atoms with Crippen LogP contribution in [0.15, 0.2) is 114 Å². The van der Waals surface area contributed by atoms with Crippen molar-refractivity contribution in [3.05, 3.63) is 126 Å². The number of ether oxygens (including phenoxy) is 1. The Morgan fingerprint density at radius 1 is 1.00 bits per heavy atom. The molecule has 0 spiro atoms. The molecule has 1 heterocycles. The quantitative estimate of drug-likeness (QED) is 0.164. The van der Waals surface area contributed by atoms with E-state index >= 15 is 0 Å². The van der Waals surface area contributed by atoms with Crippen molar-refractivity contribution < 1.29 is 14.1 Å². The minimum absolute atomic E-state index is 0.115. The van der Waals surface area contributed by atoms with Crippen LogP contribution in [0.25, 0.3) is 28.0 Å². The van der Waals surface area contributed by atoms with Crippen molar-refractivity contribution in [3.63, 3.8) is 0 Å². The summed E-state index contributed by atoms with van der Waals surface area (Å²) in [6.45, 7) is 10.2. The number of benzene rings is 3. The van der Waals surface area contributed by atoms with Gasteiger partial charge in [0.25, 0.3) is 0 Å². The Labute approximate surface area is 235 Å². The number of carbonyl (C=O) groups excluding carboxylic acids is 1. The molecule has 1 saturated carbocycles. The molecule has 0 radical (unpaired) electrons. The van der Waals surface area contributed by atoms with Crippen LogP contribution in [0, 0.1) is 6.92 Å². The van der Waals surface area contributed by atoms with Gasteiger partial charge in [0.15, 0.2) is 5.76 Å². The molecule has 5 rings (SSSR count). The maximum Gasteiger partial charge on any atom is 0.316 e. The smallest absolute Gasteiger partial charge is 0.316 e. The first-order chi connectivity index (χ1) is 19.5. The second kappa shape index (κ2) is 11.6. The molecule has 0 atom stereocenters. The molecule has 1 aliphatic carbocycles. The summed E-state index contributed by atoms with van der Waals surface area (Å²) >= 11 is 0. The maximum absolute atomic E-state index is 12.5. The van der Waals surface area contributed by atoms with E-state index in [4.69, 9.17) is 9.26 Å². The summed E-state index contributed by atoms with van der Waals surface area (Å²) in [6.07, 6.45) is 7.63. The summed E-state index contributed by atoms with van der Waals surface area (Å²) < 4.78 is 11.1. The normalized spacial score (nSPS) is 14.5. The van der Waals surface area contributed by atoms with E-state index in [0.29, 0.717) is 12.4 Å². The fraction of sp³-hybridized carbons (Fsp3) is 0.200. The van der Waals surface area contributed by atoms with E-state index in [2.05, 4.69) is 59.5 Å². The predicted molar refractivity (Wildman–Crippen MR) is 162 cm³/mol. The summed E-state index contributed by atoms with van der Waals surface area (Å²) in [5.41, 5.74) is 8.29. The van der Waals surface area contributed by atoms with Gasteiger partial charge in [-0.05, 0) is 67.5 Å². The largest absolute Gasteiger partial charge is 0.465 e. The van der Waals surface area contributed by atoms with Crippen LogP contribution in [0.2, 0.25) is 0 Å². The molecule has 1 aromatic heterocycles. The summed E-state index contributed by atoms with van der Waals surface area (Å²) in [6, 6.07) is 26.6. The van der Waals surface area contributed by atoms with Crippen LogP contribution in [0.5, 0.6) is 0 Å². The van der Waals surface area contributed by atoms with E-state index in [-0.39, 0.29) is 5.97 Å². The number of esters is 1. The summed E-state index contributed by atoms with van der Waals surface area (Å²) in [7, 11) is 0. The number of aryl methyl sites for hydroxylation is 1. The van der Waals surface area contributed by atoms with Gasteiger partial charge < -0.3 is 14.6 Å². The Morgan fingerprint density at radius 3 is 2.20 bits per heavy atom. The zero-order valence-corrected chi connectivity index (χ0v) is 23.2. The van der Waals surface area contributed by atoms with E-state index in [1.807, 2.05) is 75.4 Å². The van der Waals surface area contributed by atoms with Crippen LogP contribution in [0.3, 0.4) is 0 Å². The predicted octanol–water partition coefficient (Wildman–Crippen LogP) is 8.50. The first-order valence-electron chi connectivity index (χ1n) is 13.7. The van der Waals surface area contributed by atoms with Gasteiger partial charge in [-0.15, -0.1) is 0 Å². The molecular weight excluding hydrogens is 496 g/mol. The standard InChI is InChI=1S/C35H34N2O3/c1-5-25(26-11-9-8-10-12-26)23-31(6-2)36-32-24(4)37-40-33(32)29-15-13-27(14-16-29)28-17-19-30(20-18-28)35(21-22-35)34(38)39-7-3/h5-6,8-20,23,36H,1,7,21-22H2,2-4H3/b25-23+,31-6+. The highest BCUT2D eigenvalue weighted by Crippen LogP contribution is 2.49. The molecule has 40 heavy (non-hydrogen) atoms. The lowest BCUT2D eigenvalue weighted by Crippen LogP contribution is -2.23. The van der Waals surface area contributed by atoms with Crippen molar-refractivity contribution in [2.24, 2.45) is 0 Å². The SMILES string of the molecule is C=C/C(=C\C(=C/C)Nc1c(C)noc1-c1ccc(-c2ccc(C3(C(=O)OCC)CC3)cc2)cc1)c1ccccc1. The van der Waals surface area contributed by atoms with Crippen LogP contribution in [0.4, 0.5) is 5.69 Å². The number of hydrogen-bond donors (Lipinski definition) is 1. The van der Waals surface area contributed by atoms with Gasteiger partial charge in [-0.2, -0.15) is 0 Å². The number of anilines is 1. The number of allylic oxidation sites excluding steroid dienone is 4. The van der Waals surface area contributed by atoms with Crippen molar-refractivity contribution in [1.29, 1.82) is 0 Å². The summed E-state index contributed by atoms with van der Waals surface area (Å²) in [5.74, 6) is 0.563. The number of carbonyl (C=O) groups is 1. The van der Waals surface area contributed by atoms with Gasteiger partial charge in [0.1, 0.15) is 11.4 Å². The molecule has 0 bridgehead atoms. The van der Waals surface area contributed by atoms with Gasteiger partial charge in [-0.3, -0.25) is 4.79 Å². The molecule has 3 aromatic carbocycles. The van der Waals surface area contributed by atoms with Gasteiger partial charge in [0.05, 0.1) is 12.0 Å². The molecule has 4 aromatic rings. The number of aromatic nitrogens is 1. The van der Waals surface area contributed by atoms with Crippen molar-refractivity contribution in [2.75, 3.05) is 11.9 Å². The molecule has 0 saturated heterocycles. The van der Waals surface area contributed by atoms with Gasteiger partial charge in [0.2, 0.25) is 0 Å². The van der Waals surface area contributed by atoms with Crippen molar-refractivity contribution in [1.82, 2.24) is 5.16 Å². The lowest BCUT2D eigenvalue weighted by molar-refractivity contribution is -0.146. The third kappa shape index (κ3) is 5.41. The monoisotopic (exact) mass is 530 g/mol. The molecule has 1 N–H and O–H groups in total. The molecule has 5 nitrogen and oxygen atoms in total. The molecule has 0 unspecified atom stereocenters. The third-order valence-electron chi connectivity index (χ3n) is 7.42. The second-order valence-corrected chi connectivity index (χ2v) is 9.97. The Morgan fingerprint density at radius 2 is 1.62 bits per heavy atom. The van der Waals surface area contributed by atoms with E-state index in [1.54, 1.807) is 0 Å². The molecule has 1 fully saturated rings. The van der Waals surface area contributed by atoms with Gasteiger partial charge >= 0.3 is 5.97 Å². The van der Waals surface area contributed by atoms with Crippen LogP contribution in [-0.2, 0) is 14.9 Å². The lowest BCUT2D eigenvalue weighted by atomic mass is 9.93. The molecule has 0 aliphatic heterocycles. The average molecular weight is 531 g/mol. The van der Waals surface area contributed by atoms with Gasteiger partial charge in [-0.25, -0.2) is 0 Å². The Balaban J connectivity index is 1.35. The lowest BCUT2D eigenvalue weighted by Gasteiger charge is -2.14. The Bertz CT molecular complexity index is 1560. The highest BCUT2D eigenvalue weighted by molar-refractivity contribution is 5.87. The molecule has 1 aliphatic rings. The van der Waals surface area contributed by atoms with Gasteiger partial charge in [-0.1, -0.05) is 103 Å². The van der Waals surface area contributed by atoms with Crippen molar-refractivity contribution >= 4 is 17.2 Å². The second-order valence-electron chi connectivity index (χ2n) is 9.97. The van der Waals surface area contributed by atoms with E-state index in [9.17, 15) is 4.79 Å².